The molecule has 0 radical (unpaired) electrons. The Hall–Kier alpha value is -0.0800. The molecule has 1 N–H and O–H groups in total. The molecule has 2 fully saturated rings. The van der Waals surface area contributed by atoms with E-state index in [2.05, 4.69) is 19.3 Å². The fraction of sp³-hybridized carbons (Fsp3) is 1.00. The predicted octanol–water partition coefficient (Wildman–Crippen LogP) is 3.36. The Morgan fingerprint density at radius 2 is 1.82 bits per heavy atom. The normalized spacial score (nSPS) is 33.5. The largest absolute Gasteiger partial charge is 0.378 e. The van der Waals surface area contributed by atoms with Gasteiger partial charge in [0, 0.05) is 18.6 Å². The number of ether oxygens (including phenoxy) is 1. The summed E-state index contributed by atoms with van der Waals surface area (Å²) in [6.07, 6.45) is 11.6. The van der Waals surface area contributed by atoms with Gasteiger partial charge < -0.3 is 10.1 Å². The molecule has 0 aromatic rings. The molecule has 1 aliphatic heterocycles. The van der Waals surface area contributed by atoms with Gasteiger partial charge in [0.05, 0.1) is 6.10 Å². The Morgan fingerprint density at radius 3 is 2.41 bits per heavy atom. The van der Waals surface area contributed by atoms with Crippen LogP contribution in [-0.4, -0.2) is 25.8 Å². The van der Waals surface area contributed by atoms with E-state index in [1.165, 1.54) is 51.4 Å². The quantitative estimate of drug-likeness (QED) is 0.760. The van der Waals surface area contributed by atoms with Crippen molar-refractivity contribution in [2.75, 3.05) is 13.7 Å². The summed E-state index contributed by atoms with van der Waals surface area (Å²) in [7, 11) is 2.15. The molecule has 0 spiro atoms. The smallest absolute Gasteiger partial charge is 0.0616 e. The van der Waals surface area contributed by atoms with Gasteiger partial charge >= 0.3 is 0 Å². The average molecular weight is 239 g/mol. The van der Waals surface area contributed by atoms with Gasteiger partial charge in [-0.3, -0.25) is 0 Å². The van der Waals surface area contributed by atoms with Gasteiger partial charge in [0.1, 0.15) is 0 Å². The van der Waals surface area contributed by atoms with E-state index in [1.54, 1.807) is 0 Å². The van der Waals surface area contributed by atoms with Gasteiger partial charge in [-0.2, -0.15) is 0 Å². The van der Waals surface area contributed by atoms with Crippen LogP contribution in [-0.2, 0) is 4.74 Å². The lowest BCUT2D eigenvalue weighted by Crippen LogP contribution is -2.43. The van der Waals surface area contributed by atoms with E-state index in [1.807, 2.05) is 0 Å². The van der Waals surface area contributed by atoms with Gasteiger partial charge in [0.2, 0.25) is 0 Å². The molecule has 0 aromatic carbocycles. The Balaban J connectivity index is 1.98. The molecule has 17 heavy (non-hydrogen) atoms. The second-order valence-corrected chi connectivity index (χ2v) is 5.84. The van der Waals surface area contributed by atoms with Crippen molar-refractivity contribution in [2.24, 2.45) is 11.8 Å². The van der Waals surface area contributed by atoms with E-state index in [9.17, 15) is 0 Å². The average Bonchev–Trinajstić information content (AvgIpc) is 2.65. The molecule has 1 aliphatic carbocycles. The van der Waals surface area contributed by atoms with Crippen molar-refractivity contribution in [3.63, 3.8) is 0 Å². The molecule has 0 bridgehead atoms. The highest BCUT2D eigenvalue weighted by Crippen LogP contribution is 2.35. The molecule has 2 aliphatic rings. The molecule has 1 saturated heterocycles. The highest BCUT2D eigenvalue weighted by molar-refractivity contribution is 4.90. The second kappa shape index (κ2) is 6.75. The molecular weight excluding hydrogens is 210 g/mol. The Kier molecular flexibility index (Phi) is 5.30. The van der Waals surface area contributed by atoms with Crippen molar-refractivity contribution in [3.05, 3.63) is 0 Å². The zero-order valence-corrected chi connectivity index (χ0v) is 11.6. The lowest BCUT2D eigenvalue weighted by atomic mass is 9.80. The first kappa shape index (κ1) is 13.4. The lowest BCUT2D eigenvalue weighted by molar-refractivity contribution is 0.0688. The molecule has 1 heterocycles. The van der Waals surface area contributed by atoms with Crippen molar-refractivity contribution >= 4 is 0 Å². The van der Waals surface area contributed by atoms with Crippen molar-refractivity contribution < 1.29 is 4.74 Å². The zero-order valence-electron chi connectivity index (χ0n) is 11.6. The van der Waals surface area contributed by atoms with Gasteiger partial charge in [-0.05, 0) is 38.6 Å². The maximum atomic E-state index is 5.88. The van der Waals surface area contributed by atoms with Crippen LogP contribution in [0.15, 0.2) is 0 Å². The molecule has 0 amide bonds. The second-order valence-electron chi connectivity index (χ2n) is 5.84. The van der Waals surface area contributed by atoms with E-state index in [0.717, 1.165) is 18.4 Å². The third-order valence-electron chi connectivity index (χ3n) is 4.87. The molecule has 0 aromatic heterocycles. The monoisotopic (exact) mass is 239 g/mol. The van der Waals surface area contributed by atoms with Crippen molar-refractivity contribution in [1.82, 2.24) is 5.32 Å². The molecule has 2 heteroatoms. The minimum Gasteiger partial charge on any atom is -0.378 e. The Labute approximate surface area is 107 Å². The van der Waals surface area contributed by atoms with Gasteiger partial charge in [-0.25, -0.2) is 0 Å². The number of rotatable bonds is 4. The van der Waals surface area contributed by atoms with Crippen molar-refractivity contribution in [1.29, 1.82) is 0 Å². The third kappa shape index (κ3) is 3.23. The number of nitrogens with one attached hydrogen (secondary N) is 1. The van der Waals surface area contributed by atoms with Crippen LogP contribution in [0.2, 0.25) is 0 Å². The summed E-state index contributed by atoms with van der Waals surface area (Å²) in [5.74, 6) is 1.65. The summed E-state index contributed by atoms with van der Waals surface area (Å²) < 4.78 is 5.88. The summed E-state index contributed by atoms with van der Waals surface area (Å²) in [5.41, 5.74) is 0. The molecule has 3 unspecified atom stereocenters. The maximum absolute atomic E-state index is 5.88. The zero-order chi connectivity index (χ0) is 12.1. The fourth-order valence-corrected chi connectivity index (χ4v) is 3.97. The Bertz CT molecular complexity index is 211. The minimum absolute atomic E-state index is 0.510. The maximum Gasteiger partial charge on any atom is 0.0616 e. The van der Waals surface area contributed by atoms with Crippen LogP contribution < -0.4 is 5.32 Å². The van der Waals surface area contributed by atoms with Crippen molar-refractivity contribution in [3.8, 4) is 0 Å². The predicted molar refractivity (Wildman–Crippen MR) is 72.2 cm³/mol. The molecule has 2 rings (SSSR count). The number of hydrogen-bond acceptors (Lipinski definition) is 2. The standard InChI is InChI=1S/C15H29NO/c1-3-14-13(10-11-17-14)15(16-2)12-8-6-4-5-7-9-12/h12-16H,3-11H2,1-2H3. The summed E-state index contributed by atoms with van der Waals surface area (Å²) in [6, 6.07) is 0.695. The first-order chi connectivity index (χ1) is 8.36. The van der Waals surface area contributed by atoms with Crippen LogP contribution in [0.4, 0.5) is 0 Å². The summed E-state index contributed by atoms with van der Waals surface area (Å²) in [6.45, 7) is 3.25. The first-order valence-corrected chi connectivity index (χ1v) is 7.65. The van der Waals surface area contributed by atoms with Crippen LogP contribution in [0.3, 0.4) is 0 Å². The van der Waals surface area contributed by atoms with E-state index in [0.29, 0.717) is 12.1 Å². The summed E-state index contributed by atoms with van der Waals surface area (Å²) in [5, 5.41) is 3.63. The van der Waals surface area contributed by atoms with E-state index >= 15 is 0 Å². The highest BCUT2D eigenvalue weighted by Gasteiger charge is 2.36. The van der Waals surface area contributed by atoms with Crippen LogP contribution in [0.25, 0.3) is 0 Å². The molecule has 2 nitrogen and oxygen atoms in total. The number of hydrogen-bond donors (Lipinski definition) is 1. The van der Waals surface area contributed by atoms with Crippen LogP contribution >= 0.6 is 0 Å². The highest BCUT2D eigenvalue weighted by atomic mass is 16.5. The Morgan fingerprint density at radius 1 is 1.12 bits per heavy atom. The van der Waals surface area contributed by atoms with Gasteiger partial charge in [-0.1, -0.05) is 32.6 Å². The third-order valence-corrected chi connectivity index (χ3v) is 4.87. The molecule has 100 valence electrons. The van der Waals surface area contributed by atoms with Crippen LogP contribution in [0.5, 0.6) is 0 Å². The van der Waals surface area contributed by atoms with Crippen LogP contribution in [0.1, 0.15) is 58.3 Å². The minimum atomic E-state index is 0.510. The van der Waals surface area contributed by atoms with E-state index < -0.39 is 0 Å². The summed E-state index contributed by atoms with van der Waals surface area (Å²) in [4.78, 5) is 0. The molecule has 3 atom stereocenters. The van der Waals surface area contributed by atoms with Crippen LogP contribution in [0, 0.1) is 11.8 Å². The summed E-state index contributed by atoms with van der Waals surface area (Å²) >= 11 is 0. The van der Waals surface area contributed by atoms with Gasteiger partial charge in [-0.15, -0.1) is 0 Å². The molecule has 1 saturated carbocycles. The van der Waals surface area contributed by atoms with E-state index in [4.69, 9.17) is 4.74 Å². The first-order valence-electron chi connectivity index (χ1n) is 7.65. The topological polar surface area (TPSA) is 21.3 Å². The van der Waals surface area contributed by atoms with Gasteiger partial charge in [0.15, 0.2) is 0 Å². The van der Waals surface area contributed by atoms with Crippen molar-refractivity contribution in [2.45, 2.75) is 70.4 Å². The van der Waals surface area contributed by atoms with Gasteiger partial charge in [0.25, 0.3) is 0 Å². The fourth-order valence-electron chi connectivity index (χ4n) is 3.97. The lowest BCUT2D eigenvalue weighted by Gasteiger charge is -2.33. The molecular formula is C15H29NO. The SMILES string of the molecule is CCC1OCCC1C(NC)C1CCCCCC1. The van der Waals surface area contributed by atoms with E-state index in [-0.39, 0.29) is 0 Å².